The number of unbranched alkanes of at least 4 members (excludes halogenated alkanes) is 1. The summed E-state index contributed by atoms with van der Waals surface area (Å²) in [5, 5.41) is 0. The number of nitrogens with two attached hydrogens (primary N) is 1. The Labute approximate surface area is 122 Å². The third-order valence-corrected chi connectivity index (χ3v) is 4.23. The van der Waals surface area contributed by atoms with Crippen molar-refractivity contribution in [3.05, 3.63) is 35.6 Å². The Kier molecular flexibility index (Phi) is 5.55. The largest absolute Gasteiger partial charge is 0.326 e. The highest BCUT2D eigenvalue weighted by Gasteiger charge is 2.36. The van der Waals surface area contributed by atoms with E-state index in [9.17, 15) is 4.39 Å². The van der Waals surface area contributed by atoms with Crippen LogP contribution >= 0.6 is 0 Å². The third kappa shape index (κ3) is 3.80. The highest BCUT2D eigenvalue weighted by atomic mass is 19.1. The van der Waals surface area contributed by atoms with Gasteiger partial charge in [-0.15, -0.1) is 0 Å². The van der Waals surface area contributed by atoms with E-state index in [-0.39, 0.29) is 17.9 Å². The monoisotopic (exact) mass is 278 g/mol. The van der Waals surface area contributed by atoms with Crippen molar-refractivity contribution in [3.8, 4) is 0 Å². The first-order valence-corrected chi connectivity index (χ1v) is 7.94. The number of halogens is 1. The highest BCUT2D eigenvalue weighted by molar-refractivity contribution is 5.22. The van der Waals surface area contributed by atoms with Crippen molar-refractivity contribution >= 4 is 0 Å². The van der Waals surface area contributed by atoms with Gasteiger partial charge in [0, 0.05) is 12.1 Å². The fraction of sp³-hybridized carbons (Fsp3) is 0.647. The second kappa shape index (κ2) is 7.19. The maximum atomic E-state index is 13.2. The molecule has 0 aromatic heterocycles. The Morgan fingerprint density at radius 3 is 2.40 bits per heavy atom. The van der Waals surface area contributed by atoms with Gasteiger partial charge in [0.15, 0.2) is 0 Å². The SMILES string of the molecule is CCCCN(C1CC1)C(c1ccc(F)cc1)C(N)CC. The van der Waals surface area contributed by atoms with Crippen LogP contribution in [0.25, 0.3) is 0 Å². The van der Waals surface area contributed by atoms with Crippen LogP contribution in [0, 0.1) is 5.82 Å². The summed E-state index contributed by atoms with van der Waals surface area (Å²) in [6, 6.07) is 7.91. The molecule has 112 valence electrons. The minimum Gasteiger partial charge on any atom is -0.326 e. The molecule has 1 aromatic rings. The molecule has 2 atom stereocenters. The van der Waals surface area contributed by atoms with Gasteiger partial charge in [-0.2, -0.15) is 0 Å². The van der Waals surface area contributed by atoms with Gasteiger partial charge in [-0.25, -0.2) is 4.39 Å². The van der Waals surface area contributed by atoms with Gasteiger partial charge in [0.05, 0.1) is 6.04 Å². The Morgan fingerprint density at radius 1 is 1.25 bits per heavy atom. The highest BCUT2D eigenvalue weighted by Crippen LogP contribution is 2.36. The van der Waals surface area contributed by atoms with Crippen molar-refractivity contribution in [2.45, 2.75) is 64.1 Å². The first-order chi connectivity index (χ1) is 9.67. The van der Waals surface area contributed by atoms with E-state index in [1.807, 2.05) is 12.1 Å². The van der Waals surface area contributed by atoms with Gasteiger partial charge in [0.2, 0.25) is 0 Å². The number of hydrogen-bond acceptors (Lipinski definition) is 2. The van der Waals surface area contributed by atoms with Gasteiger partial charge in [0.1, 0.15) is 5.82 Å². The molecular weight excluding hydrogens is 251 g/mol. The van der Waals surface area contributed by atoms with Gasteiger partial charge in [-0.1, -0.05) is 32.4 Å². The van der Waals surface area contributed by atoms with Crippen LogP contribution < -0.4 is 5.73 Å². The van der Waals surface area contributed by atoms with E-state index >= 15 is 0 Å². The summed E-state index contributed by atoms with van der Waals surface area (Å²) < 4.78 is 13.2. The summed E-state index contributed by atoms with van der Waals surface area (Å²) in [5.41, 5.74) is 7.55. The normalized spacial score (nSPS) is 18.2. The second-order valence-corrected chi connectivity index (χ2v) is 5.89. The predicted molar refractivity (Wildman–Crippen MR) is 82.0 cm³/mol. The standard InChI is InChI=1S/C17H27FN2/c1-3-5-12-20(15-10-11-15)17(16(19)4-2)13-6-8-14(18)9-7-13/h6-9,15-17H,3-5,10-12,19H2,1-2H3. The number of nitrogens with zero attached hydrogens (tertiary/aromatic N) is 1. The quantitative estimate of drug-likeness (QED) is 0.782. The molecule has 2 rings (SSSR count). The molecule has 1 saturated carbocycles. The zero-order valence-corrected chi connectivity index (χ0v) is 12.7. The Balaban J connectivity index is 2.22. The van der Waals surface area contributed by atoms with E-state index in [2.05, 4.69) is 18.7 Å². The van der Waals surface area contributed by atoms with Crippen LogP contribution in [0.4, 0.5) is 4.39 Å². The summed E-state index contributed by atoms with van der Waals surface area (Å²) in [7, 11) is 0. The number of benzene rings is 1. The van der Waals surface area contributed by atoms with Crippen molar-refractivity contribution in [3.63, 3.8) is 0 Å². The lowest BCUT2D eigenvalue weighted by molar-refractivity contribution is 0.157. The van der Waals surface area contributed by atoms with Crippen LogP contribution in [0.3, 0.4) is 0 Å². The van der Waals surface area contributed by atoms with Gasteiger partial charge in [0.25, 0.3) is 0 Å². The maximum absolute atomic E-state index is 13.2. The molecule has 2 unspecified atom stereocenters. The van der Waals surface area contributed by atoms with Gasteiger partial charge in [-0.3, -0.25) is 4.90 Å². The molecule has 20 heavy (non-hydrogen) atoms. The van der Waals surface area contributed by atoms with Crippen LogP contribution in [0.1, 0.15) is 57.6 Å². The molecule has 1 aliphatic carbocycles. The number of hydrogen-bond donors (Lipinski definition) is 1. The van der Waals surface area contributed by atoms with E-state index < -0.39 is 0 Å². The molecule has 1 fully saturated rings. The van der Waals surface area contributed by atoms with Crippen LogP contribution in [0.2, 0.25) is 0 Å². The van der Waals surface area contributed by atoms with Gasteiger partial charge < -0.3 is 5.73 Å². The van der Waals surface area contributed by atoms with Crippen LogP contribution in [0.15, 0.2) is 24.3 Å². The average Bonchev–Trinajstić information content (AvgIpc) is 3.28. The van der Waals surface area contributed by atoms with Crippen molar-refractivity contribution < 1.29 is 4.39 Å². The van der Waals surface area contributed by atoms with Crippen molar-refractivity contribution in [2.75, 3.05) is 6.54 Å². The van der Waals surface area contributed by atoms with E-state index in [0.717, 1.165) is 18.5 Å². The fourth-order valence-corrected chi connectivity index (χ4v) is 2.86. The fourth-order valence-electron chi connectivity index (χ4n) is 2.86. The minimum atomic E-state index is -0.177. The summed E-state index contributed by atoms with van der Waals surface area (Å²) in [6.45, 7) is 5.45. The van der Waals surface area contributed by atoms with Gasteiger partial charge >= 0.3 is 0 Å². The molecular formula is C17H27FN2. The lowest BCUT2D eigenvalue weighted by Gasteiger charge is -2.36. The van der Waals surface area contributed by atoms with E-state index in [0.29, 0.717) is 6.04 Å². The molecule has 0 aliphatic heterocycles. The summed E-state index contributed by atoms with van der Waals surface area (Å²) in [6.07, 6.45) is 5.89. The zero-order valence-electron chi connectivity index (χ0n) is 12.7. The molecule has 0 bridgehead atoms. The van der Waals surface area contributed by atoms with Crippen LogP contribution in [-0.2, 0) is 0 Å². The van der Waals surface area contributed by atoms with Crippen molar-refractivity contribution in [1.82, 2.24) is 4.90 Å². The smallest absolute Gasteiger partial charge is 0.123 e. The van der Waals surface area contributed by atoms with E-state index in [4.69, 9.17) is 5.73 Å². The molecule has 3 heteroatoms. The minimum absolute atomic E-state index is 0.109. The summed E-state index contributed by atoms with van der Waals surface area (Å²) >= 11 is 0. The molecule has 1 aromatic carbocycles. The molecule has 0 saturated heterocycles. The predicted octanol–water partition coefficient (Wildman–Crippen LogP) is 3.87. The molecule has 0 radical (unpaired) electrons. The first kappa shape index (κ1) is 15.5. The van der Waals surface area contributed by atoms with Crippen LogP contribution in [0.5, 0.6) is 0 Å². The Hall–Kier alpha value is -0.930. The molecule has 0 amide bonds. The molecule has 1 aliphatic rings. The summed E-state index contributed by atoms with van der Waals surface area (Å²) in [4.78, 5) is 2.56. The molecule has 0 spiro atoms. The molecule has 0 heterocycles. The van der Waals surface area contributed by atoms with E-state index in [1.54, 1.807) is 12.1 Å². The van der Waals surface area contributed by atoms with Crippen LogP contribution in [-0.4, -0.2) is 23.5 Å². The second-order valence-electron chi connectivity index (χ2n) is 5.89. The lowest BCUT2D eigenvalue weighted by Crippen LogP contribution is -2.42. The van der Waals surface area contributed by atoms with E-state index in [1.165, 1.54) is 25.7 Å². The lowest BCUT2D eigenvalue weighted by atomic mass is 9.95. The topological polar surface area (TPSA) is 29.3 Å². The zero-order chi connectivity index (χ0) is 14.5. The number of rotatable bonds is 8. The van der Waals surface area contributed by atoms with Crippen molar-refractivity contribution in [2.24, 2.45) is 5.73 Å². The average molecular weight is 278 g/mol. The Morgan fingerprint density at radius 2 is 1.90 bits per heavy atom. The molecule has 2 nitrogen and oxygen atoms in total. The van der Waals surface area contributed by atoms with Gasteiger partial charge in [-0.05, 0) is 49.9 Å². The first-order valence-electron chi connectivity index (χ1n) is 7.94. The molecule has 2 N–H and O–H groups in total. The maximum Gasteiger partial charge on any atom is 0.123 e. The van der Waals surface area contributed by atoms with Crippen molar-refractivity contribution in [1.29, 1.82) is 0 Å². The summed E-state index contributed by atoms with van der Waals surface area (Å²) in [5.74, 6) is -0.177. The Bertz CT molecular complexity index is 400. The third-order valence-electron chi connectivity index (χ3n) is 4.23.